The number of unbranched alkanes of at least 4 members (excludes halogenated alkanes) is 10. The van der Waals surface area contributed by atoms with E-state index in [2.05, 4.69) is 85.8 Å². The molecule has 5 aliphatic rings. The maximum absolute atomic E-state index is 13.4. The number of rotatable bonds is 33. The van der Waals surface area contributed by atoms with Crippen LogP contribution in [0.4, 0.5) is 0 Å². The van der Waals surface area contributed by atoms with Crippen molar-refractivity contribution in [2.24, 2.45) is 11.5 Å². The van der Waals surface area contributed by atoms with Crippen LogP contribution in [0.5, 0.6) is 0 Å². The Kier molecular flexibility index (Phi) is 43.3. The topological polar surface area (TPSA) is 564 Å². The zero-order valence-electron chi connectivity index (χ0n) is 74.2. The first-order valence-electron chi connectivity index (χ1n) is 42.0. The Morgan fingerprint density at radius 1 is 0.624 bits per heavy atom. The van der Waals surface area contributed by atoms with Gasteiger partial charge in [0.05, 0.1) is 83.4 Å². The number of aromatic nitrogens is 8. The minimum atomic E-state index is -5.01. The quantitative estimate of drug-likeness (QED) is 0.00266. The van der Waals surface area contributed by atoms with Gasteiger partial charge in [0, 0.05) is 122 Å². The minimum Gasteiger partial charge on any atom is -0.756 e. The molecule has 125 heavy (non-hydrogen) atoms. The van der Waals surface area contributed by atoms with E-state index in [0.29, 0.717) is 68.9 Å². The van der Waals surface area contributed by atoms with Crippen molar-refractivity contribution in [3.8, 4) is 0 Å². The summed E-state index contributed by atoms with van der Waals surface area (Å²) in [5.74, 6) is -6.52. The smallest absolute Gasteiger partial charge is 0.756 e. The predicted molar refractivity (Wildman–Crippen MR) is 473 cm³/mol. The van der Waals surface area contributed by atoms with Gasteiger partial charge in [-0.3, -0.25) is 43.0 Å². The molecule has 6 aromatic rings. The third-order valence-electron chi connectivity index (χ3n) is 22.3. The summed E-state index contributed by atoms with van der Waals surface area (Å²) in [6, 6.07) is 11.7. The Bertz CT molecular complexity index is 5360. The fraction of sp³-hybridized carbons (Fsp3) is 0.472. The Balaban J connectivity index is 0.000000333. The van der Waals surface area contributed by atoms with E-state index in [-0.39, 0.29) is 116 Å². The SMILES string of the molecule is C=CC1=C(C)c2cc3nc(c4c5[nH]c(cc6[nH]c(cc1n2)c(C)c6CC)c(C)c5C(=O)OC(=O)C4)[C@@H](CCC(=O)O)[C@@H]3C.C=Cc1c(C)c2cc3nc(c(CC(=O)NCCOP(=O)([O-])O)c4nc(cc5[nH]c(cc1[nH]2)c(C)c5CC)C(C)=C4C(=O)O)[C@@H](CCC(=O)O)[C@@H]3C.CCCCCCCCN.CCCCCCCC[NH3+].NCCOP(=O)(O)O.O=CO[O-].[Na+]. The first-order valence-corrected chi connectivity index (χ1v) is 45.1. The number of fused-ring (bicyclic) bond motifs is 16. The standard InChI is InChI=1S/C36H42N5O9P.C34H34N4O5.2C8H19N.C2H8NO4P.CH2O3.Na/c1-7-21-17(3)25-14-27-19(5)23(9-10-32(43)44)34(40-27)24(13-31(42)37-11-12-50-51(47,48)49)35-33(36(45)46)20(6)28(41-35)16-30-22(8-2)18(4)26(39-30)15-29(21)38-25;1-7-19-15(3)23-12-25-17(5)21(9-10-29(39)40)32(37-25)22-11-30(41)43-34(42)31-18(6)26(38-33(22)31)14-28-20(8-2)16(4)24(36-28)13-27(19)35-23;2*1-2-3-4-5-6-7-8-9;3-1-2-7-8(4,5)6;2-1-4-3;/h7,14-16,19,23,38-39H,1,8-13H2,2-6H3,(H,37,42)(H,43,44)(H,45,46)(H2,47,48,49);7,12-14,17,21,36,38H,1,8-11H2,2-6H3,(H,39,40);2*2-9H2,1H3;1-3H2,(H2,4,5,6);1,3H;/q;;;;;;+1/p-1/t19-,23-;17-,21-;;;;;/m00...../s1. The monoisotopic (exact) mass is 1780 g/mol. The first-order chi connectivity index (χ1) is 58.9. The number of phosphoric acid groups is 2. The normalized spacial score (nSPS) is 15.5. The maximum Gasteiger partial charge on any atom is 1.00 e. The molecule has 0 saturated carbocycles. The number of allylic oxidation sites excluding steroid dienone is 4. The second-order valence-corrected chi connectivity index (χ2v) is 33.2. The van der Waals surface area contributed by atoms with Crippen molar-refractivity contribution < 1.29 is 137 Å². The van der Waals surface area contributed by atoms with E-state index in [1.165, 1.54) is 77.0 Å². The minimum absolute atomic E-state index is 0. The number of ether oxygens (including phenoxy) is 1. The van der Waals surface area contributed by atoms with E-state index >= 15 is 0 Å². The molecular weight excluding hydrogens is 1660 g/mol. The molecule has 33 nitrogen and oxygen atoms in total. The zero-order valence-corrected chi connectivity index (χ0v) is 77.9. The summed E-state index contributed by atoms with van der Waals surface area (Å²) < 4.78 is 34.3. The van der Waals surface area contributed by atoms with Gasteiger partial charge in [-0.25, -0.2) is 24.1 Å². The van der Waals surface area contributed by atoms with Crippen molar-refractivity contribution in [1.82, 2.24) is 45.2 Å². The van der Waals surface area contributed by atoms with Gasteiger partial charge in [0.15, 0.2) is 0 Å². The van der Waals surface area contributed by atoms with E-state index in [4.69, 9.17) is 60.9 Å². The van der Waals surface area contributed by atoms with Gasteiger partial charge in [-0.1, -0.05) is 125 Å². The number of aryl methyl sites for hydroxylation is 6. The summed E-state index contributed by atoms with van der Waals surface area (Å²) in [5.41, 5.74) is 34.4. The van der Waals surface area contributed by atoms with Crippen LogP contribution < -0.4 is 62.2 Å². The summed E-state index contributed by atoms with van der Waals surface area (Å²) in [7, 11) is -9.28. The molecule has 0 saturated heterocycles. The van der Waals surface area contributed by atoms with Crippen LogP contribution in [0.3, 0.4) is 0 Å². The van der Waals surface area contributed by atoms with Crippen LogP contribution in [-0.2, 0) is 82.3 Å². The van der Waals surface area contributed by atoms with Gasteiger partial charge in [0.25, 0.3) is 14.3 Å². The third-order valence-corrected chi connectivity index (χ3v) is 23.4. The Labute approximate surface area is 750 Å². The van der Waals surface area contributed by atoms with Gasteiger partial charge in [0.1, 0.15) is 0 Å². The Morgan fingerprint density at radius 3 is 1.64 bits per heavy atom. The van der Waals surface area contributed by atoms with Crippen molar-refractivity contribution in [3.05, 3.63) is 157 Å². The average Bonchev–Trinajstić information content (AvgIpc) is 1.60. The van der Waals surface area contributed by atoms with Gasteiger partial charge in [-0.2, -0.15) is 0 Å². The Hall–Kier alpha value is -9.25. The molecule has 16 bridgehead atoms. The number of aliphatic carboxylic acids is 3. The predicted octanol–water partition coefficient (Wildman–Crippen LogP) is 10.0. The number of nitrogens with zero attached hydrogens (tertiary/aromatic N) is 4. The summed E-state index contributed by atoms with van der Waals surface area (Å²) in [6.45, 7) is 33.2. The molecule has 1 unspecified atom stereocenters. The molecule has 676 valence electrons. The number of aromatic amines is 4. The number of nitrogens with one attached hydrogen (secondary N) is 5. The van der Waals surface area contributed by atoms with Gasteiger partial charge < -0.3 is 96.8 Å². The first kappa shape index (κ1) is 106. The second-order valence-electron chi connectivity index (χ2n) is 30.8. The van der Waals surface area contributed by atoms with Crippen LogP contribution in [0.25, 0.3) is 72.5 Å². The number of cyclic esters (lactones) is 2. The molecule has 0 spiro atoms. The molecule has 11 heterocycles. The number of hydrogen-bond donors (Lipinski definition) is 14. The molecular formula is C89H123N12NaO21P2. The molecule has 11 rings (SSSR count). The number of carbonyl (C=O) groups excluding carboxylic acids is 4. The van der Waals surface area contributed by atoms with Crippen molar-refractivity contribution in [2.75, 3.05) is 39.4 Å². The van der Waals surface area contributed by atoms with E-state index < -0.39 is 70.3 Å². The van der Waals surface area contributed by atoms with Gasteiger partial charge in [0.2, 0.25) is 5.91 Å². The van der Waals surface area contributed by atoms with Crippen LogP contribution in [0.15, 0.2) is 55.6 Å². The molecule has 6 aromatic heterocycles. The molecule has 0 fully saturated rings. The Morgan fingerprint density at radius 2 is 1.13 bits per heavy atom. The van der Waals surface area contributed by atoms with E-state index in [9.17, 15) is 58.1 Å². The second kappa shape index (κ2) is 50.9. The number of carboxylic acid groups (broad SMARTS) is 3. The maximum atomic E-state index is 13.4. The number of amides is 1. The number of phosphoric ester groups is 2. The number of nitrogens with two attached hydrogens (primary N) is 2. The molecule has 36 heteroatoms. The summed E-state index contributed by atoms with van der Waals surface area (Å²) in [4.78, 5) is 157. The van der Waals surface area contributed by atoms with E-state index in [0.717, 1.165) is 114 Å². The van der Waals surface area contributed by atoms with Crippen molar-refractivity contribution in [2.45, 2.75) is 235 Å². The van der Waals surface area contributed by atoms with Gasteiger partial charge >= 0.3 is 67.2 Å². The van der Waals surface area contributed by atoms with E-state index in [1.54, 1.807) is 19.1 Å². The molecule has 18 N–H and O–H groups in total. The molecule has 0 aromatic carbocycles. The van der Waals surface area contributed by atoms with Crippen LogP contribution in [-0.4, -0.2) is 151 Å². The van der Waals surface area contributed by atoms with Crippen LogP contribution in [0, 0.1) is 27.7 Å². The number of carbonyl (C=O) groups is 7. The summed E-state index contributed by atoms with van der Waals surface area (Å²) >= 11 is 0. The molecule has 0 aliphatic carbocycles. The molecule has 5 atom stereocenters. The van der Waals surface area contributed by atoms with Gasteiger partial charge in [-0.15, -0.1) is 0 Å². The molecule has 1 amide bonds. The average molecular weight is 1780 g/mol. The molecule has 5 aliphatic heterocycles. The van der Waals surface area contributed by atoms with E-state index in [1.807, 2.05) is 84.9 Å². The van der Waals surface area contributed by atoms with Crippen molar-refractivity contribution >= 4 is 130 Å². The van der Waals surface area contributed by atoms with Crippen LogP contribution >= 0.6 is 15.6 Å². The number of quaternary nitrogens is 1. The van der Waals surface area contributed by atoms with Gasteiger partial charge in [-0.05, 0) is 174 Å². The number of hydrogen-bond acceptors (Lipinski definition) is 21. The summed E-state index contributed by atoms with van der Waals surface area (Å²) in [5, 5.41) is 40.7. The van der Waals surface area contributed by atoms with Crippen LogP contribution in [0.2, 0.25) is 0 Å². The van der Waals surface area contributed by atoms with Crippen molar-refractivity contribution in [3.63, 3.8) is 0 Å². The zero-order chi connectivity index (χ0) is 92.0. The fourth-order valence-electron chi connectivity index (χ4n) is 15.7. The summed E-state index contributed by atoms with van der Waals surface area (Å²) in [6.07, 6.45) is 21.0. The number of carboxylic acids is 3. The van der Waals surface area contributed by atoms with Crippen molar-refractivity contribution in [1.29, 1.82) is 0 Å². The largest absolute Gasteiger partial charge is 1.00 e. The number of H-pyrrole nitrogens is 4. The molecule has 0 radical (unpaired) electrons. The fourth-order valence-corrected chi connectivity index (χ4v) is 16.4. The number of esters is 2. The third kappa shape index (κ3) is 29.4. The van der Waals surface area contributed by atoms with Crippen LogP contribution in [0.1, 0.15) is 288 Å².